The van der Waals surface area contributed by atoms with Crippen LogP contribution in [0.25, 0.3) is 0 Å². The van der Waals surface area contributed by atoms with Crippen molar-refractivity contribution in [1.29, 1.82) is 0 Å². The van der Waals surface area contributed by atoms with Crippen LogP contribution in [0.3, 0.4) is 0 Å². The Labute approximate surface area is 180 Å². The number of fused-ring (bicyclic) bond motifs is 1. The van der Waals surface area contributed by atoms with Crippen molar-refractivity contribution in [3.8, 4) is 0 Å². The highest BCUT2D eigenvalue weighted by molar-refractivity contribution is 7.86. The minimum atomic E-state index is -6.33. The molecule has 10 nitrogen and oxygen atoms in total. The molecule has 3 aliphatic heterocycles. The Morgan fingerprint density at radius 2 is 1.78 bits per heavy atom. The monoisotopic (exact) mass is 485 g/mol. The zero-order valence-electron chi connectivity index (χ0n) is 16.5. The molecule has 0 amide bonds. The number of hydrogen-bond donors (Lipinski definition) is 0. The predicted octanol–water partition coefficient (Wildman–Crippen LogP) is 0.437. The molecular weight excluding hydrogens is 465 g/mol. The molecule has 0 aromatic heterocycles. The van der Waals surface area contributed by atoms with Crippen LogP contribution in [0, 0.1) is 17.8 Å². The van der Waals surface area contributed by atoms with E-state index in [0.29, 0.717) is 12.8 Å². The highest BCUT2D eigenvalue weighted by Crippen LogP contribution is 2.51. The number of carbonyl (C=O) groups excluding carboxylic acids is 3. The zero-order chi connectivity index (χ0) is 23.4. The molecule has 7 atom stereocenters. The van der Waals surface area contributed by atoms with Gasteiger partial charge in [-0.25, -0.2) is 12.8 Å². The maximum absolute atomic E-state index is 13.6. The molecule has 0 spiro atoms. The Morgan fingerprint density at radius 1 is 1.12 bits per heavy atom. The minimum Gasteiger partial charge on any atom is -0.743 e. The molecule has 3 heterocycles. The van der Waals surface area contributed by atoms with Crippen LogP contribution in [0.4, 0.5) is 13.2 Å². The maximum Gasteiger partial charge on any atom is 0.368 e. The van der Waals surface area contributed by atoms with Gasteiger partial charge in [-0.2, -0.15) is 8.78 Å². The van der Waals surface area contributed by atoms with E-state index < -0.39 is 82.3 Å². The van der Waals surface area contributed by atoms with Crippen LogP contribution < -0.4 is 0 Å². The van der Waals surface area contributed by atoms with E-state index in [1.807, 2.05) is 0 Å². The zero-order valence-corrected chi connectivity index (χ0v) is 17.3. The van der Waals surface area contributed by atoms with Gasteiger partial charge >= 0.3 is 23.2 Å². The molecule has 3 saturated heterocycles. The lowest BCUT2D eigenvalue weighted by atomic mass is 9.78. The molecule has 4 rings (SSSR count). The van der Waals surface area contributed by atoms with Gasteiger partial charge in [0.1, 0.15) is 30.7 Å². The van der Waals surface area contributed by atoms with Crippen molar-refractivity contribution in [2.45, 2.75) is 67.9 Å². The molecule has 180 valence electrons. The first-order chi connectivity index (χ1) is 14.9. The van der Waals surface area contributed by atoms with Crippen LogP contribution in [0.15, 0.2) is 0 Å². The van der Waals surface area contributed by atoms with Crippen molar-refractivity contribution in [1.82, 2.24) is 0 Å². The van der Waals surface area contributed by atoms with Gasteiger partial charge in [0.05, 0.1) is 5.92 Å². The van der Waals surface area contributed by atoms with E-state index >= 15 is 0 Å². The molecule has 0 aromatic carbocycles. The topological polar surface area (TPSA) is 145 Å². The number of ether oxygens (including phenoxy) is 4. The highest BCUT2D eigenvalue weighted by atomic mass is 32.2. The summed E-state index contributed by atoms with van der Waals surface area (Å²) in [6.07, 6.45) is -3.80. The van der Waals surface area contributed by atoms with Crippen molar-refractivity contribution >= 4 is 28.0 Å². The second-order valence-electron chi connectivity index (χ2n) is 8.37. The largest absolute Gasteiger partial charge is 0.743 e. The molecule has 0 radical (unpaired) electrons. The van der Waals surface area contributed by atoms with Crippen LogP contribution in [0.2, 0.25) is 0 Å². The van der Waals surface area contributed by atoms with Crippen LogP contribution >= 0.6 is 0 Å². The van der Waals surface area contributed by atoms with Crippen molar-refractivity contribution in [2.75, 3.05) is 6.61 Å². The smallest absolute Gasteiger partial charge is 0.368 e. The van der Waals surface area contributed by atoms with Crippen molar-refractivity contribution in [3.63, 3.8) is 0 Å². The van der Waals surface area contributed by atoms with E-state index in [0.717, 1.165) is 19.3 Å². The summed E-state index contributed by atoms with van der Waals surface area (Å²) >= 11 is 0. The first kappa shape index (κ1) is 23.2. The number of esters is 3. The maximum atomic E-state index is 13.6. The molecule has 14 heteroatoms. The average molecular weight is 485 g/mol. The van der Waals surface area contributed by atoms with Gasteiger partial charge in [0.25, 0.3) is 0 Å². The first-order valence-corrected chi connectivity index (χ1v) is 11.5. The summed E-state index contributed by atoms with van der Waals surface area (Å²) in [5, 5.41) is -5.31. The third kappa shape index (κ3) is 3.75. The highest BCUT2D eigenvalue weighted by Gasteiger charge is 2.72. The quantitative estimate of drug-likeness (QED) is 0.283. The molecular formula is C18H20F3O10S-. The molecule has 1 aliphatic carbocycles. The van der Waals surface area contributed by atoms with E-state index in [2.05, 4.69) is 4.74 Å². The van der Waals surface area contributed by atoms with E-state index in [1.54, 1.807) is 0 Å². The molecule has 7 unspecified atom stereocenters. The lowest BCUT2D eigenvalue weighted by Gasteiger charge is -2.29. The van der Waals surface area contributed by atoms with Crippen molar-refractivity contribution < 1.29 is 59.5 Å². The fourth-order valence-corrected chi connectivity index (χ4v) is 5.19. The molecule has 4 fully saturated rings. The molecule has 4 aliphatic rings. The summed E-state index contributed by atoms with van der Waals surface area (Å²) in [6, 6.07) is 0. The van der Waals surface area contributed by atoms with Crippen LogP contribution in [0.5, 0.6) is 0 Å². The average Bonchev–Trinajstić information content (AvgIpc) is 3.35. The fraction of sp³-hybridized carbons (Fsp3) is 0.833. The molecule has 32 heavy (non-hydrogen) atoms. The van der Waals surface area contributed by atoms with E-state index in [1.165, 1.54) is 0 Å². The van der Waals surface area contributed by atoms with Gasteiger partial charge < -0.3 is 23.5 Å². The third-order valence-electron chi connectivity index (χ3n) is 6.44. The van der Waals surface area contributed by atoms with E-state index in [4.69, 9.17) is 14.2 Å². The second kappa shape index (κ2) is 8.13. The number of rotatable bonds is 7. The molecule has 0 aromatic rings. The van der Waals surface area contributed by atoms with Gasteiger partial charge in [-0.1, -0.05) is 19.3 Å². The Morgan fingerprint density at radius 3 is 2.41 bits per heavy atom. The van der Waals surface area contributed by atoms with Crippen LogP contribution in [0.1, 0.15) is 32.1 Å². The standard InChI is InChI=1S/C18H21F3O10S/c19-8(18(20,21)32(25,26)27)6-28-16(23)9-10-12-14(31-17(10)24)13(11(9)29-12)30-15(22)7-4-2-1-3-5-7/h7-14H,1-6H2,(H,25,26,27)/p-1. The number of carbonyl (C=O) groups is 3. The Kier molecular flexibility index (Phi) is 5.91. The Hall–Kier alpha value is -1.93. The molecule has 2 bridgehead atoms. The SMILES string of the molecule is O=C(OC1C2OC(=O)C3C2OC1C3C(=O)OCC(F)C(F)(F)S(=O)(=O)[O-])C1CCCCC1. The van der Waals surface area contributed by atoms with Gasteiger partial charge in [-0.05, 0) is 12.8 Å². The second-order valence-corrected chi connectivity index (χ2v) is 9.82. The summed E-state index contributed by atoms with van der Waals surface area (Å²) < 4.78 is 92.4. The number of halogens is 3. The normalized spacial score (nSPS) is 35.4. The Bertz CT molecular complexity index is 903. The molecule has 1 saturated carbocycles. The van der Waals surface area contributed by atoms with Crippen LogP contribution in [-0.4, -0.2) is 73.3 Å². The van der Waals surface area contributed by atoms with Gasteiger partial charge in [0, 0.05) is 0 Å². The summed E-state index contributed by atoms with van der Waals surface area (Å²) in [4.78, 5) is 37.2. The van der Waals surface area contributed by atoms with Crippen molar-refractivity contribution in [2.24, 2.45) is 17.8 Å². The van der Waals surface area contributed by atoms with E-state index in [9.17, 15) is 40.5 Å². The lowest BCUT2D eigenvalue weighted by molar-refractivity contribution is -0.169. The van der Waals surface area contributed by atoms with Gasteiger partial charge in [-0.3, -0.25) is 14.4 Å². The minimum absolute atomic E-state index is 0.343. The molecule has 0 N–H and O–H groups in total. The van der Waals surface area contributed by atoms with Crippen LogP contribution in [-0.2, 0) is 43.4 Å². The summed E-state index contributed by atoms with van der Waals surface area (Å²) in [7, 11) is -6.33. The summed E-state index contributed by atoms with van der Waals surface area (Å²) in [5.74, 6) is -5.64. The predicted molar refractivity (Wildman–Crippen MR) is 92.5 cm³/mol. The van der Waals surface area contributed by atoms with Gasteiger partial charge in [0.2, 0.25) is 6.17 Å². The fourth-order valence-electron chi connectivity index (χ4n) is 4.81. The first-order valence-electron chi connectivity index (χ1n) is 10.1. The van der Waals surface area contributed by atoms with Gasteiger partial charge in [0.15, 0.2) is 22.3 Å². The van der Waals surface area contributed by atoms with E-state index in [-0.39, 0.29) is 5.92 Å². The summed E-state index contributed by atoms with van der Waals surface area (Å²) in [6.45, 7) is -1.74. The number of hydrogen-bond acceptors (Lipinski definition) is 10. The number of alkyl halides is 3. The summed E-state index contributed by atoms with van der Waals surface area (Å²) in [5.41, 5.74) is 0. The third-order valence-corrected chi connectivity index (χ3v) is 7.36. The van der Waals surface area contributed by atoms with Crippen molar-refractivity contribution in [3.05, 3.63) is 0 Å². The lowest BCUT2D eigenvalue weighted by Crippen LogP contribution is -2.49. The van der Waals surface area contributed by atoms with Gasteiger partial charge in [-0.15, -0.1) is 0 Å². The Balaban J connectivity index is 1.44.